The summed E-state index contributed by atoms with van der Waals surface area (Å²) in [6, 6.07) is 0. The van der Waals surface area contributed by atoms with Gasteiger partial charge in [0.2, 0.25) is 0 Å². The molecule has 2 heterocycles. The molecule has 0 atom stereocenters. The molecule has 154 valence electrons. The fourth-order valence-corrected chi connectivity index (χ4v) is 3.97. The first-order valence-electron chi connectivity index (χ1n) is 9.97. The van der Waals surface area contributed by atoms with E-state index in [-0.39, 0.29) is 17.5 Å². The van der Waals surface area contributed by atoms with Gasteiger partial charge in [0.25, 0.3) is 5.91 Å². The molecule has 2 N–H and O–H groups in total. The lowest BCUT2D eigenvalue weighted by atomic mass is 9.86. The average Bonchev–Trinajstić information content (AvgIpc) is 3.26. The van der Waals surface area contributed by atoms with E-state index in [0.717, 1.165) is 17.7 Å². The largest absolute Gasteiger partial charge is 0.322 e. The third-order valence-electron chi connectivity index (χ3n) is 5.50. The third kappa shape index (κ3) is 3.46. The van der Waals surface area contributed by atoms with Crippen LogP contribution < -0.4 is 10.6 Å². The maximum atomic E-state index is 12.9. The standard InChI is InChI=1S/C23H24N4O3/c1-24-8-6-13-12-25-22-15(4-5-18(28)20(13)22)14-10-17-21(19(29)11-14)16(23(30)26-17)7-9-27(2)3/h4-5,10-12,24H,6-9H2,1-3H3,(H,26,30). The predicted octanol–water partition coefficient (Wildman–Crippen LogP) is 1.14. The molecule has 2 aliphatic heterocycles. The van der Waals surface area contributed by atoms with Gasteiger partial charge in [-0.3, -0.25) is 19.4 Å². The summed E-state index contributed by atoms with van der Waals surface area (Å²) in [4.78, 5) is 44.3. The first kappa shape index (κ1) is 20.1. The molecule has 7 heteroatoms. The Balaban J connectivity index is 1.71. The smallest absolute Gasteiger partial charge is 0.252 e. The van der Waals surface area contributed by atoms with Crippen molar-refractivity contribution in [2.75, 3.05) is 34.2 Å². The molecule has 0 saturated heterocycles. The second-order valence-electron chi connectivity index (χ2n) is 7.85. The number of fused-ring (bicyclic) bond motifs is 2. The Labute approximate surface area is 175 Å². The van der Waals surface area contributed by atoms with E-state index in [0.29, 0.717) is 53.1 Å². The van der Waals surface area contributed by atoms with Crippen LogP contribution in [0.15, 0.2) is 74.1 Å². The number of rotatable bonds is 7. The number of hydrogen-bond donors (Lipinski definition) is 2. The summed E-state index contributed by atoms with van der Waals surface area (Å²) >= 11 is 0. The Hall–Kier alpha value is -3.16. The molecule has 0 unspecified atom stereocenters. The number of nitrogens with one attached hydrogen (secondary N) is 2. The number of amides is 1. The molecule has 0 saturated carbocycles. The van der Waals surface area contributed by atoms with E-state index < -0.39 is 0 Å². The van der Waals surface area contributed by atoms with Crippen LogP contribution in [0, 0.1) is 0 Å². The summed E-state index contributed by atoms with van der Waals surface area (Å²) in [5.41, 5.74) is 4.95. The average molecular weight is 404 g/mol. The van der Waals surface area contributed by atoms with Gasteiger partial charge in [0.15, 0.2) is 11.6 Å². The Kier molecular flexibility index (Phi) is 5.32. The van der Waals surface area contributed by atoms with Crippen molar-refractivity contribution in [3.63, 3.8) is 0 Å². The summed E-state index contributed by atoms with van der Waals surface area (Å²) in [5.74, 6) is -0.494. The predicted molar refractivity (Wildman–Crippen MR) is 115 cm³/mol. The lowest BCUT2D eigenvalue weighted by molar-refractivity contribution is -0.116. The molecule has 0 aromatic carbocycles. The summed E-state index contributed by atoms with van der Waals surface area (Å²) < 4.78 is 0. The quantitative estimate of drug-likeness (QED) is 0.664. The van der Waals surface area contributed by atoms with Crippen molar-refractivity contribution in [2.45, 2.75) is 12.8 Å². The second-order valence-corrected chi connectivity index (χ2v) is 7.85. The Morgan fingerprint density at radius 1 is 1.03 bits per heavy atom. The van der Waals surface area contributed by atoms with Gasteiger partial charge in [0.1, 0.15) is 0 Å². The zero-order valence-electron chi connectivity index (χ0n) is 17.3. The Morgan fingerprint density at radius 2 is 1.83 bits per heavy atom. The van der Waals surface area contributed by atoms with Gasteiger partial charge in [-0.05, 0) is 76.0 Å². The van der Waals surface area contributed by atoms with E-state index in [9.17, 15) is 14.4 Å². The van der Waals surface area contributed by atoms with Crippen LogP contribution in [0.25, 0.3) is 0 Å². The number of aliphatic imine (C=N–C) groups is 1. The normalized spacial score (nSPS) is 20.3. The van der Waals surface area contributed by atoms with Gasteiger partial charge in [-0.15, -0.1) is 0 Å². The fourth-order valence-electron chi connectivity index (χ4n) is 3.97. The first-order valence-corrected chi connectivity index (χ1v) is 9.97. The number of nitrogens with zero attached hydrogens (tertiary/aromatic N) is 2. The van der Waals surface area contributed by atoms with Crippen LogP contribution in [-0.4, -0.2) is 62.8 Å². The van der Waals surface area contributed by atoms with Gasteiger partial charge in [-0.25, -0.2) is 0 Å². The van der Waals surface area contributed by atoms with Crippen LogP contribution in [0.5, 0.6) is 0 Å². The summed E-state index contributed by atoms with van der Waals surface area (Å²) in [7, 11) is 5.72. The van der Waals surface area contributed by atoms with Crippen molar-refractivity contribution in [1.82, 2.24) is 15.5 Å². The lowest BCUT2D eigenvalue weighted by Crippen LogP contribution is -2.20. The molecule has 7 nitrogen and oxygen atoms in total. The van der Waals surface area contributed by atoms with Gasteiger partial charge in [-0.2, -0.15) is 0 Å². The number of hydrogen-bond acceptors (Lipinski definition) is 6. The third-order valence-corrected chi connectivity index (χ3v) is 5.50. The van der Waals surface area contributed by atoms with E-state index in [1.807, 2.05) is 26.0 Å². The van der Waals surface area contributed by atoms with E-state index in [1.165, 1.54) is 12.2 Å². The number of carbonyl (C=O) groups excluding carboxylic acids is 3. The van der Waals surface area contributed by atoms with Crippen LogP contribution in [0.3, 0.4) is 0 Å². The van der Waals surface area contributed by atoms with Gasteiger partial charge in [0, 0.05) is 23.9 Å². The molecule has 0 radical (unpaired) electrons. The van der Waals surface area contributed by atoms with Crippen LogP contribution in [0.1, 0.15) is 12.8 Å². The SMILES string of the molecule is CNCCC1=C2C(=O)C=CC(C3=CC(=O)C4=C(CCN(C)C)C(=O)NC4=C3)=C2N=C1. The highest BCUT2D eigenvalue weighted by Gasteiger charge is 2.35. The Morgan fingerprint density at radius 3 is 2.57 bits per heavy atom. The zero-order chi connectivity index (χ0) is 21.4. The van der Waals surface area contributed by atoms with Crippen LogP contribution in [-0.2, 0) is 14.4 Å². The van der Waals surface area contributed by atoms with E-state index >= 15 is 0 Å². The Bertz CT molecular complexity index is 1080. The van der Waals surface area contributed by atoms with Crippen LogP contribution >= 0.6 is 0 Å². The molecular formula is C23H24N4O3. The molecule has 4 aliphatic rings. The van der Waals surface area contributed by atoms with Gasteiger partial charge >= 0.3 is 0 Å². The molecule has 0 spiro atoms. The fraction of sp³-hybridized carbons (Fsp3) is 0.304. The summed E-state index contributed by atoms with van der Waals surface area (Å²) in [6.45, 7) is 1.42. The van der Waals surface area contributed by atoms with Crippen LogP contribution in [0.4, 0.5) is 0 Å². The topological polar surface area (TPSA) is 90.9 Å². The lowest BCUT2D eigenvalue weighted by Gasteiger charge is -2.18. The van der Waals surface area contributed by atoms with E-state index in [1.54, 1.807) is 18.4 Å². The molecule has 30 heavy (non-hydrogen) atoms. The number of ketones is 2. The van der Waals surface area contributed by atoms with Gasteiger partial charge in [-0.1, -0.05) is 0 Å². The minimum Gasteiger partial charge on any atom is -0.322 e. The van der Waals surface area contributed by atoms with Crippen molar-refractivity contribution in [2.24, 2.45) is 4.99 Å². The zero-order valence-corrected chi connectivity index (χ0v) is 17.3. The molecular weight excluding hydrogens is 380 g/mol. The highest BCUT2D eigenvalue weighted by Crippen LogP contribution is 2.38. The highest BCUT2D eigenvalue weighted by molar-refractivity contribution is 6.20. The maximum absolute atomic E-state index is 12.9. The minimum atomic E-state index is -0.220. The van der Waals surface area contributed by atoms with E-state index in [2.05, 4.69) is 15.6 Å². The number of carbonyl (C=O) groups is 3. The molecule has 0 bridgehead atoms. The van der Waals surface area contributed by atoms with Gasteiger partial charge < -0.3 is 15.5 Å². The van der Waals surface area contributed by atoms with Crippen molar-refractivity contribution in [3.8, 4) is 0 Å². The number of allylic oxidation sites excluding steroid dienone is 8. The molecule has 0 aromatic heterocycles. The molecule has 4 rings (SSSR count). The highest BCUT2D eigenvalue weighted by atomic mass is 16.2. The molecule has 1 amide bonds. The van der Waals surface area contributed by atoms with Crippen molar-refractivity contribution < 1.29 is 14.4 Å². The van der Waals surface area contributed by atoms with Crippen molar-refractivity contribution in [3.05, 3.63) is 69.1 Å². The minimum absolute atomic E-state index is 0.0755. The molecule has 2 aliphatic carbocycles. The maximum Gasteiger partial charge on any atom is 0.252 e. The van der Waals surface area contributed by atoms with E-state index in [4.69, 9.17) is 0 Å². The molecule has 0 fully saturated rings. The van der Waals surface area contributed by atoms with Crippen molar-refractivity contribution >= 4 is 23.7 Å². The second kappa shape index (κ2) is 7.93. The summed E-state index contributed by atoms with van der Waals surface area (Å²) in [5, 5.41) is 5.91. The summed E-state index contributed by atoms with van der Waals surface area (Å²) in [6.07, 6.45) is 9.50. The van der Waals surface area contributed by atoms with Crippen LogP contribution in [0.2, 0.25) is 0 Å². The first-order chi connectivity index (χ1) is 14.4. The van der Waals surface area contributed by atoms with Crippen molar-refractivity contribution in [1.29, 1.82) is 0 Å². The monoisotopic (exact) mass is 404 g/mol. The molecule has 0 aromatic rings. The van der Waals surface area contributed by atoms with Gasteiger partial charge in [0.05, 0.1) is 22.5 Å².